The number of hydrogen-bond acceptors (Lipinski definition) is 6. The van der Waals surface area contributed by atoms with Crippen molar-refractivity contribution in [2.24, 2.45) is 0 Å². The van der Waals surface area contributed by atoms with Crippen LogP contribution >= 0.6 is 34.6 Å². The summed E-state index contributed by atoms with van der Waals surface area (Å²) in [5.41, 5.74) is 1.06. The molecule has 0 saturated carbocycles. The summed E-state index contributed by atoms with van der Waals surface area (Å²) in [6, 6.07) is 2.03. The molecule has 100 valence electrons. The van der Waals surface area contributed by atoms with E-state index >= 15 is 0 Å². The van der Waals surface area contributed by atoms with Crippen LogP contribution in [0.3, 0.4) is 0 Å². The zero-order chi connectivity index (χ0) is 13.5. The SMILES string of the molecule is CCc1nsc(SCc2sccc2C#CCCO)n1. The first-order valence-corrected chi connectivity index (χ1v) is 8.58. The Morgan fingerprint density at radius 1 is 1.47 bits per heavy atom. The first-order chi connectivity index (χ1) is 9.33. The number of aromatic nitrogens is 2. The van der Waals surface area contributed by atoms with Gasteiger partial charge in [0.2, 0.25) is 0 Å². The Morgan fingerprint density at radius 2 is 2.37 bits per heavy atom. The van der Waals surface area contributed by atoms with Gasteiger partial charge in [-0.15, -0.1) is 11.3 Å². The summed E-state index contributed by atoms with van der Waals surface area (Å²) in [6.45, 7) is 2.18. The average molecular weight is 310 g/mol. The van der Waals surface area contributed by atoms with Gasteiger partial charge < -0.3 is 5.11 Å². The van der Waals surface area contributed by atoms with Gasteiger partial charge in [0.25, 0.3) is 0 Å². The van der Waals surface area contributed by atoms with Crippen molar-refractivity contribution in [1.82, 2.24) is 9.36 Å². The number of thiophene rings is 1. The third-order valence-corrected chi connectivity index (χ3v) is 5.30. The van der Waals surface area contributed by atoms with Crippen LogP contribution in [0.2, 0.25) is 0 Å². The Hall–Kier alpha value is -0.870. The molecular weight excluding hydrogens is 296 g/mol. The summed E-state index contributed by atoms with van der Waals surface area (Å²) >= 11 is 4.88. The van der Waals surface area contributed by atoms with Gasteiger partial charge >= 0.3 is 0 Å². The van der Waals surface area contributed by atoms with Crippen molar-refractivity contribution in [3.63, 3.8) is 0 Å². The largest absolute Gasteiger partial charge is 0.395 e. The fraction of sp³-hybridized carbons (Fsp3) is 0.385. The van der Waals surface area contributed by atoms with Crippen molar-refractivity contribution in [2.45, 2.75) is 29.9 Å². The van der Waals surface area contributed by atoms with Gasteiger partial charge in [0.05, 0.1) is 6.61 Å². The highest BCUT2D eigenvalue weighted by molar-refractivity contribution is 8.00. The second kappa shape index (κ2) is 7.65. The highest BCUT2D eigenvalue weighted by Gasteiger charge is 2.06. The van der Waals surface area contributed by atoms with Crippen LogP contribution in [0.15, 0.2) is 15.8 Å². The predicted molar refractivity (Wildman–Crippen MR) is 81.7 cm³/mol. The maximum Gasteiger partial charge on any atom is 0.170 e. The standard InChI is InChI=1S/C13H14N2OS3/c1-2-12-14-13(19-15-12)18-9-11-10(6-8-17-11)5-3-4-7-16/h6,8,16H,2,4,7,9H2,1H3. The Labute approximate surface area is 125 Å². The fourth-order valence-corrected chi connectivity index (χ4v) is 3.99. The van der Waals surface area contributed by atoms with E-state index in [0.717, 1.165) is 27.9 Å². The smallest absolute Gasteiger partial charge is 0.170 e. The quantitative estimate of drug-likeness (QED) is 0.680. The molecule has 0 saturated heterocycles. The molecule has 6 heteroatoms. The minimum atomic E-state index is 0.117. The highest BCUT2D eigenvalue weighted by atomic mass is 32.2. The fourth-order valence-electron chi connectivity index (χ4n) is 1.34. The van der Waals surface area contributed by atoms with E-state index in [1.54, 1.807) is 23.1 Å². The number of aliphatic hydroxyl groups is 1. The van der Waals surface area contributed by atoms with Crippen LogP contribution in [0.4, 0.5) is 0 Å². The number of hydrogen-bond donors (Lipinski definition) is 1. The predicted octanol–water partition coefficient (Wildman–Crippen LogP) is 3.19. The first kappa shape index (κ1) is 14.5. The lowest BCUT2D eigenvalue weighted by Gasteiger charge is -1.95. The maximum absolute atomic E-state index is 8.72. The van der Waals surface area contributed by atoms with Crippen molar-refractivity contribution in [2.75, 3.05) is 6.61 Å². The van der Waals surface area contributed by atoms with Gasteiger partial charge in [-0.1, -0.05) is 30.5 Å². The van der Waals surface area contributed by atoms with Gasteiger partial charge in [-0.25, -0.2) is 4.98 Å². The third kappa shape index (κ3) is 4.32. The molecule has 2 rings (SSSR count). The summed E-state index contributed by atoms with van der Waals surface area (Å²) in [5.74, 6) is 7.85. The Balaban J connectivity index is 1.96. The number of aliphatic hydroxyl groups excluding tert-OH is 1. The van der Waals surface area contributed by atoms with Crippen molar-refractivity contribution < 1.29 is 5.11 Å². The van der Waals surface area contributed by atoms with Crippen LogP contribution in [0.25, 0.3) is 0 Å². The van der Waals surface area contributed by atoms with E-state index in [2.05, 4.69) is 33.5 Å². The van der Waals surface area contributed by atoms with Crippen molar-refractivity contribution in [3.05, 3.63) is 27.7 Å². The summed E-state index contributed by atoms with van der Waals surface area (Å²) < 4.78 is 5.29. The summed E-state index contributed by atoms with van der Waals surface area (Å²) in [7, 11) is 0. The molecule has 0 aliphatic rings. The zero-order valence-corrected chi connectivity index (χ0v) is 13.0. The van der Waals surface area contributed by atoms with Gasteiger partial charge in [-0.3, -0.25) is 0 Å². The second-order valence-electron chi connectivity index (χ2n) is 3.65. The number of aryl methyl sites for hydroxylation is 1. The molecule has 0 aliphatic carbocycles. The topological polar surface area (TPSA) is 46.0 Å². The highest BCUT2D eigenvalue weighted by Crippen LogP contribution is 2.28. The number of rotatable bonds is 5. The minimum Gasteiger partial charge on any atom is -0.395 e. The van der Waals surface area contributed by atoms with Crippen LogP contribution in [-0.4, -0.2) is 21.1 Å². The zero-order valence-electron chi connectivity index (χ0n) is 10.5. The van der Waals surface area contributed by atoms with E-state index in [4.69, 9.17) is 5.11 Å². The maximum atomic E-state index is 8.72. The monoisotopic (exact) mass is 310 g/mol. The molecule has 0 amide bonds. The number of thioether (sulfide) groups is 1. The van der Waals surface area contributed by atoms with E-state index in [0.29, 0.717) is 6.42 Å². The van der Waals surface area contributed by atoms with E-state index in [1.165, 1.54) is 16.4 Å². The summed E-state index contributed by atoms with van der Waals surface area (Å²) in [4.78, 5) is 5.69. The van der Waals surface area contributed by atoms with E-state index in [-0.39, 0.29) is 6.61 Å². The Morgan fingerprint density at radius 3 is 3.11 bits per heavy atom. The molecule has 0 bridgehead atoms. The molecule has 0 aromatic carbocycles. The molecule has 2 heterocycles. The number of nitrogens with zero attached hydrogens (tertiary/aromatic N) is 2. The van der Waals surface area contributed by atoms with Crippen LogP contribution in [0.5, 0.6) is 0 Å². The molecule has 0 fully saturated rings. The molecule has 1 N–H and O–H groups in total. The first-order valence-electron chi connectivity index (χ1n) is 5.95. The molecule has 0 radical (unpaired) electrons. The van der Waals surface area contributed by atoms with Crippen LogP contribution in [0, 0.1) is 11.8 Å². The molecule has 0 unspecified atom stereocenters. The van der Waals surface area contributed by atoms with Gasteiger partial charge in [0, 0.05) is 29.0 Å². The van der Waals surface area contributed by atoms with E-state index in [1.807, 2.05) is 6.07 Å². The lowest BCUT2D eigenvalue weighted by Crippen LogP contribution is -1.83. The molecule has 0 spiro atoms. The average Bonchev–Trinajstić information content (AvgIpc) is 3.05. The lowest BCUT2D eigenvalue weighted by atomic mass is 10.2. The van der Waals surface area contributed by atoms with Crippen LogP contribution in [-0.2, 0) is 12.2 Å². The summed E-state index contributed by atoms with van der Waals surface area (Å²) in [6.07, 6.45) is 1.41. The van der Waals surface area contributed by atoms with Crippen LogP contribution < -0.4 is 0 Å². The van der Waals surface area contributed by atoms with E-state index < -0.39 is 0 Å². The van der Waals surface area contributed by atoms with E-state index in [9.17, 15) is 0 Å². The van der Waals surface area contributed by atoms with Gasteiger partial charge in [-0.2, -0.15) is 4.37 Å². The van der Waals surface area contributed by atoms with Crippen molar-refractivity contribution in [3.8, 4) is 11.8 Å². The molecule has 2 aromatic rings. The minimum absolute atomic E-state index is 0.117. The molecule has 0 aliphatic heterocycles. The molecule has 2 aromatic heterocycles. The summed E-state index contributed by atoms with van der Waals surface area (Å²) in [5, 5.41) is 10.8. The molecule has 19 heavy (non-hydrogen) atoms. The van der Waals surface area contributed by atoms with Crippen LogP contribution in [0.1, 0.15) is 29.6 Å². The Bertz CT molecular complexity index is 580. The van der Waals surface area contributed by atoms with Crippen molar-refractivity contribution >= 4 is 34.6 Å². The van der Waals surface area contributed by atoms with Gasteiger partial charge in [0.15, 0.2) is 4.34 Å². The normalized spacial score (nSPS) is 10.2. The Kier molecular flexibility index (Phi) is 5.86. The van der Waals surface area contributed by atoms with Crippen molar-refractivity contribution in [1.29, 1.82) is 0 Å². The second-order valence-corrected chi connectivity index (χ2v) is 6.63. The molecule has 0 atom stereocenters. The van der Waals surface area contributed by atoms with Gasteiger partial charge in [0.1, 0.15) is 5.82 Å². The molecular formula is C13H14N2OS3. The van der Waals surface area contributed by atoms with Gasteiger partial charge in [-0.05, 0) is 23.0 Å². The third-order valence-electron chi connectivity index (χ3n) is 2.30. The lowest BCUT2D eigenvalue weighted by molar-refractivity contribution is 0.305. The molecule has 3 nitrogen and oxygen atoms in total.